The van der Waals surface area contributed by atoms with Gasteiger partial charge in [-0.05, 0) is 93.8 Å². The molecule has 3 fully saturated rings. The van der Waals surface area contributed by atoms with Crippen molar-refractivity contribution in [2.24, 2.45) is 29.6 Å². The fraction of sp³-hybridized carbons (Fsp3) is 0.900. The van der Waals surface area contributed by atoms with E-state index in [1.807, 2.05) is 0 Å². The predicted octanol–water partition coefficient (Wildman–Crippen LogP) is 6.37. The molecule has 20 heavy (non-hydrogen) atoms. The molecule has 0 N–H and O–H groups in total. The van der Waals surface area contributed by atoms with Crippen molar-refractivity contribution in [2.45, 2.75) is 84.0 Å². The molecule has 3 rings (SSSR count). The SMILES string of the molecule is C=C1CCC(C2CCC(C3CCC(C)CC3)CC2)CC1. The Balaban J connectivity index is 1.44. The summed E-state index contributed by atoms with van der Waals surface area (Å²) >= 11 is 0. The summed E-state index contributed by atoms with van der Waals surface area (Å²) in [6.07, 6.45) is 17.9. The lowest BCUT2D eigenvalue weighted by atomic mass is 9.65. The van der Waals surface area contributed by atoms with E-state index in [9.17, 15) is 0 Å². The zero-order chi connectivity index (χ0) is 13.9. The number of rotatable bonds is 2. The highest BCUT2D eigenvalue weighted by Gasteiger charge is 2.33. The minimum Gasteiger partial charge on any atom is -0.0999 e. The molecule has 0 atom stereocenters. The van der Waals surface area contributed by atoms with Crippen molar-refractivity contribution >= 4 is 0 Å². The lowest BCUT2D eigenvalue weighted by molar-refractivity contribution is 0.119. The molecule has 0 heteroatoms. The van der Waals surface area contributed by atoms with E-state index in [1.165, 1.54) is 44.1 Å². The second-order valence-electron chi connectivity index (χ2n) is 8.28. The van der Waals surface area contributed by atoms with E-state index >= 15 is 0 Å². The van der Waals surface area contributed by atoms with Gasteiger partial charge in [-0.2, -0.15) is 0 Å². The molecule has 0 bridgehead atoms. The monoisotopic (exact) mass is 274 g/mol. The summed E-state index contributed by atoms with van der Waals surface area (Å²) in [6, 6.07) is 0. The van der Waals surface area contributed by atoms with Crippen molar-refractivity contribution in [3.05, 3.63) is 12.2 Å². The Morgan fingerprint density at radius 2 is 0.950 bits per heavy atom. The molecule has 0 unspecified atom stereocenters. The van der Waals surface area contributed by atoms with Gasteiger partial charge in [-0.25, -0.2) is 0 Å². The van der Waals surface area contributed by atoms with Gasteiger partial charge in [0, 0.05) is 0 Å². The van der Waals surface area contributed by atoms with Crippen molar-refractivity contribution in [1.29, 1.82) is 0 Å². The zero-order valence-electron chi connectivity index (χ0n) is 13.6. The minimum atomic E-state index is 1.01. The number of hydrogen-bond donors (Lipinski definition) is 0. The van der Waals surface area contributed by atoms with Gasteiger partial charge in [-0.1, -0.05) is 31.9 Å². The molecule has 0 saturated heterocycles. The Morgan fingerprint density at radius 1 is 0.600 bits per heavy atom. The van der Waals surface area contributed by atoms with Crippen LogP contribution in [0, 0.1) is 29.6 Å². The van der Waals surface area contributed by atoms with Crippen molar-refractivity contribution in [3.8, 4) is 0 Å². The largest absolute Gasteiger partial charge is 0.0999 e. The van der Waals surface area contributed by atoms with E-state index in [1.54, 1.807) is 38.5 Å². The smallest absolute Gasteiger partial charge is 0.0320 e. The second-order valence-corrected chi connectivity index (χ2v) is 8.28. The highest BCUT2D eigenvalue weighted by atomic mass is 14.4. The molecule has 0 radical (unpaired) electrons. The third kappa shape index (κ3) is 3.49. The molecule has 0 aliphatic heterocycles. The van der Waals surface area contributed by atoms with E-state index in [2.05, 4.69) is 13.5 Å². The normalized spacial score (nSPS) is 40.8. The Labute approximate surface area is 126 Å². The topological polar surface area (TPSA) is 0 Å². The second kappa shape index (κ2) is 6.67. The quantitative estimate of drug-likeness (QED) is 0.513. The number of hydrogen-bond acceptors (Lipinski definition) is 0. The minimum absolute atomic E-state index is 1.01. The van der Waals surface area contributed by atoms with Crippen molar-refractivity contribution in [3.63, 3.8) is 0 Å². The predicted molar refractivity (Wildman–Crippen MR) is 87.7 cm³/mol. The van der Waals surface area contributed by atoms with Gasteiger partial charge in [0.2, 0.25) is 0 Å². The summed E-state index contributed by atoms with van der Waals surface area (Å²) in [7, 11) is 0. The summed E-state index contributed by atoms with van der Waals surface area (Å²) < 4.78 is 0. The first-order valence-corrected chi connectivity index (χ1v) is 9.39. The number of allylic oxidation sites excluding steroid dienone is 1. The van der Waals surface area contributed by atoms with Crippen LogP contribution in [-0.2, 0) is 0 Å². The van der Waals surface area contributed by atoms with Crippen molar-refractivity contribution in [1.82, 2.24) is 0 Å². The van der Waals surface area contributed by atoms with Crippen LogP contribution < -0.4 is 0 Å². The highest BCUT2D eigenvalue weighted by Crippen LogP contribution is 2.45. The molecule has 0 amide bonds. The highest BCUT2D eigenvalue weighted by molar-refractivity contribution is 4.99. The Kier molecular flexibility index (Phi) is 4.89. The van der Waals surface area contributed by atoms with Crippen LogP contribution in [0.4, 0.5) is 0 Å². The van der Waals surface area contributed by atoms with Crippen LogP contribution in [0.5, 0.6) is 0 Å². The van der Waals surface area contributed by atoms with Gasteiger partial charge < -0.3 is 0 Å². The summed E-state index contributed by atoms with van der Waals surface area (Å²) in [5.74, 6) is 5.32. The molecular weight excluding hydrogens is 240 g/mol. The molecule has 0 heterocycles. The van der Waals surface area contributed by atoms with Crippen molar-refractivity contribution < 1.29 is 0 Å². The van der Waals surface area contributed by atoms with Gasteiger partial charge in [0.15, 0.2) is 0 Å². The van der Waals surface area contributed by atoms with Gasteiger partial charge in [0.05, 0.1) is 0 Å². The first kappa shape index (κ1) is 14.7. The van der Waals surface area contributed by atoms with Crippen LogP contribution in [-0.4, -0.2) is 0 Å². The van der Waals surface area contributed by atoms with Gasteiger partial charge in [0.1, 0.15) is 0 Å². The van der Waals surface area contributed by atoms with Crippen LogP contribution in [0.2, 0.25) is 0 Å². The van der Waals surface area contributed by atoms with Gasteiger partial charge in [-0.15, -0.1) is 0 Å². The summed E-state index contributed by atoms with van der Waals surface area (Å²) in [4.78, 5) is 0. The van der Waals surface area contributed by atoms with Crippen LogP contribution >= 0.6 is 0 Å². The fourth-order valence-corrected chi connectivity index (χ4v) is 5.36. The van der Waals surface area contributed by atoms with Crippen LogP contribution in [0.15, 0.2) is 12.2 Å². The first-order chi connectivity index (χ1) is 9.72. The molecular formula is C20H34. The Morgan fingerprint density at radius 3 is 1.40 bits per heavy atom. The molecule has 114 valence electrons. The molecule has 0 spiro atoms. The fourth-order valence-electron chi connectivity index (χ4n) is 5.36. The molecule has 0 aromatic heterocycles. The maximum absolute atomic E-state index is 4.17. The van der Waals surface area contributed by atoms with E-state index in [0.29, 0.717) is 0 Å². The summed E-state index contributed by atoms with van der Waals surface area (Å²) in [5, 5.41) is 0. The van der Waals surface area contributed by atoms with E-state index < -0.39 is 0 Å². The van der Waals surface area contributed by atoms with Gasteiger partial charge >= 0.3 is 0 Å². The van der Waals surface area contributed by atoms with E-state index in [4.69, 9.17) is 0 Å². The van der Waals surface area contributed by atoms with Gasteiger partial charge in [-0.3, -0.25) is 0 Å². The maximum Gasteiger partial charge on any atom is -0.0320 e. The third-order valence-corrected chi connectivity index (χ3v) is 6.95. The van der Waals surface area contributed by atoms with Crippen molar-refractivity contribution in [2.75, 3.05) is 0 Å². The lowest BCUT2D eigenvalue weighted by Crippen LogP contribution is -2.28. The molecule has 3 aliphatic rings. The average Bonchev–Trinajstić information content (AvgIpc) is 2.49. The van der Waals surface area contributed by atoms with Crippen LogP contribution in [0.1, 0.15) is 84.0 Å². The summed E-state index contributed by atoms with van der Waals surface area (Å²) in [6.45, 7) is 6.62. The van der Waals surface area contributed by atoms with E-state index in [0.717, 1.165) is 29.6 Å². The van der Waals surface area contributed by atoms with Crippen LogP contribution in [0.25, 0.3) is 0 Å². The molecule has 3 aliphatic carbocycles. The first-order valence-electron chi connectivity index (χ1n) is 9.39. The zero-order valence-corrected chi connectivity index (χ0v) is 13.6. The van der Waals surface area contributed by atoms with Crippen LogP contribution in [0.3, 0.4) is 0 Å². The average molecular weight is 274 g/mol. The third-order valence-electron chi connectivity index (χ3n) is 6.95. The molecule has 0 aromatic rings. The molecule has 0 nitrogen and oxygen atoms in total. The molecule has 3 saturated carbocycles. The Bertz CT molecular complexity index is 303. The Hall–Kier alpha value is -0.260. The standard InChI is InChI=1S/C20H34/c1-15-3-7-17(8-4-15)19-11-13-20(14-12-19)18-9-5-16(2)6-10-18/h16-20H,1,3-14H2,2H3. The lowest BCUT2D eigenvalue weighted by Gasteiger charge is -2.40. The van der Waals surface area contributed by atoms with E-state index in [-0.39, 0.29) is 0 Å². The maximum atomic E-state index is 4.17. The summed E-state index contributed by atoms with van der Waals surface area (Å²) in [5.41, 5.74) is 1.52. The van der Waals surface area contributed by atoms with Gasteiger partial charge in [0.25, 0.3) is 0 Å². The molecule has 0 aromatic carbocycles.